The summed E-state index contributed by atoms with van der Waals surface area (Å²) in [6.07, 6.45) is 3.64. The van der Waals surface area contributed by atoms with Gasteiger partial charge in [0.1, 0.15) is 34.6 Å². The Hall–Kier alpha value is -12.2. The van der Waals surface area contributed by atoms with Crippen LogP contribution in [0.15, 0.2) is 335 Å². The minimum absolute atomic E-state index is 0.315. The molecule has 4 aliphatic rings. The molecular formula is C91H59F2NO2. The molecule has 0 aliphatic heterocycles. The van der Waals surface area contributed by atoms with Gasteiger partial charge in [0.05, 0.1) is 16.2 Å². The second kappa shape index (κ2) is 22.0. The summed E-state index contributed by atoms with van der Waals surface area (Å²) in [5, 5.41) is 0. The van der Waals surface area contributed by atoms with Gasteiger partial charge in [-0.05, 0) is 232 Å². The van der Waals surface area contributed by atoms with Crippen molar-refractivity contribution in [2.75, 3.05) is 4.90 Å². The average molecular weight is 1240 g/mol. The Bertz CT molecular complexity index is 5150. The van der Waals surface area contributed by atoms with Gasteiger partial charge in [0.15, 0.2) is 0 Å². The lowest BCUT2D eigenvalue weighted by Crippen LogP contribution is -2.29. The van der Waals surface area contributed by atoms with E-state index >= 15 is 8.78 Å². The Kier molecular flexibility index (Phi) is 13.0. The molecule has 0 N–H and O–H groups in total. The van der Waals surface area contributed by atoms with Crippen molar-refractivity contribution in [1.82, 2.24) is 0 Å². The largest absolute Gasteiger partial charge is 0.457 e. The fourth-order valence-electron chi connectivity index (χ4n) is 16.6. The van der Waals surface area contributed by atoms with Crippen molar-refractivity contribution in [3.63, 3.8) is 0 Å². The van der Waals surface area contributed by atoms with Crippen molar-refractivity contribution >= 4 is 29.2 Å². The van der Waals surface area contributed by atoms with Crippen LogP contribution in [0.3, 0.4) is 0 Å². The minimum Gasteiger partial charge on any atom is -0.457 e. The number of ether oxygens (including phenoxy) is 2. The minimum atomic E-state index is -0.936. The van der Waals surface area contributed by atoms with E-state index in [1.807, 2.05) is 109 Å². The van der Waals surface area contributed by atoms with Crippen LogP contribution in [-0.4, -0.2) is 0 Å². The normalized spacial score (nSPS) is 15.9. The van der Waals surface area contributed by atoms with E-state index in [9.17, 15) is 0 Å². The van der Waals surface area contributed by atoms with Gasteiger partial charge >= 0.3 is 0 Å². The van der Waals surface area contributed by atoms with Gasteiger partial charge in [-0.1, -0.05) is 238 Å². The fourth-order valence-corrected chi connectivity index (χ4v) is 16.6. The van der Waals surface area contributed by atoms with Crippen molar-refractivity contribution in [2.24, 2.45) is 0 Å². The van der Waals surface area contributed by atoms with Crippen molar-refractivity contribution in [3.05, 3.63) is 424 Å². The number of benzene rings is 14. The summed E-state index contributed by atoms with van der Waals surface area (Å²) in [4.78, 5) is 2.43. The van der Waals surface area contributed by atoms with Crippen LogP contribution >= 0.6 is 0 Å². The Labute approximate surface area is 557 Å². The van der Waals surface area contributed by atoms with Crippen LogP contribution in [0.2, 0.25) is 0 Å². The van der Waals surface area contributed by atoms with Crippen LogP contribution in [0.4, 0.5) is 25.8 Å². The molecule has 2 unspecified atom stereocenters. The van der Waals surface area contributed by atoms with Crippen LogP contribution < -0.4 is 14.4 Å². The zero-order chi connectivity index (χ0) is 64.3. The van der Waals surface area contributed by atoms with E-state index in [0.29, 0.717) is 23.0 Å². The lowest BCUT2D eigenvalue weighted by molar-refractivity contribution is 0.482. The van der Waals surface area contributed by atoms with E-state index in [4.69, 9.17) is 9.47 Å². The third-order valence-corrected chi connectivity index (χ3v) is 20.6. The van der Waals surface area contributed by atoms with Crippen LogP contribution in [0, 0.1) is 11.6 Å². The number of fused-ring (bicyclic) bond motifs is 16. The molecule has 3 nitrogen and oxygen atoms in total. The summed E-state index contributed by atoms with van der Waals surface area (Å²) >= 11 is 0. The smallest absolute Gasteiger partial charge is 0.127 e. The monoisotopic (exact) mass is 1240 g/mol. The van der Waals surface area contributed by atoms with E-state index in [2.05, 4.69) is 218 Å². The summed E-state index contributed by atoms with van der Waals surface area (Å²) in [5.74, 6) is 2.17. The molecule has 5 heteroatoms. The highest BCUT2D eigenvalue weighted by atomic mass is 19.1. The standard InChI is InChI=1S/C91H59F2NO2/c1-3-58-25-44-69(45-26-58)95-71-48-33-62(34-49-71)89(60-29-37-64(92)38-30-60)81-20-10-5-17-75(81)78-52-41-66(55-86(78)89)94(68-43-54-80-77-19-9-14-24-85(77)91(88(80)57-68)83-22-12-7-15-73(83)74-16-8-13-23-84(74)91)67-42-53-79-76-18-6-11-21-82(76)90(87(79)56-67,61-31-39-65(93)40-32-61)63-35-50-72(51-36-63)96-70-46-27-59(4-2)28-47-70/h3-57H,1-2H2. The lowest BCUT2D eigenvalue weighted by Gasteiger charge is -2.36. The zero-order valence-corrected chi connectivity index (χ0v) is 52.2. The maximum absolute atomic E-state index is 15.5. The number of hydrogen-bond acceptors (Lipinski definition) is 3. The lowest BCUT2D eigenvalue weighted by atomic mass is 9.67. The van der Waals surface area contributed by atoms with Gasteiger partial charge in [-0.25, -0.2) is 8.78 Å². The highest BCUT2D eigenvalue weighted by Crippen LogP contribution is 2.65. The molecule has 14 aromatic rings. The third kappa shape index (κ3) is 8.30. The van der Waals surface area contributed by atoms with Gasteiger partial charge in [0.2, 0.25) is 0 Å². The van der Waals surface area contributed by atoms with Crippen LogP contribution in [0.5, 0.6) is 23.0 Å². The molecule has 0 bridgehead atoms. The van der Waals surface area contributed by atoms with Crippen LogP contribution in [0.1, 0.15) is 77.9 Å². The topological polar surface area (TPSA) is 21.7 Å². The molecule has 0 amide bonds. The van der Waals surface area contributed by atoms with Crippen molar-refractivity contribution in [1.29, 1.82) is 0 Å². The maximum atomic E-state index is 15.5. The van der Waals surface area contributed by atoms with E-state index in [1.165, 1.54) is 44.5 Å². The predicted molar refractivity (Wildman–Crippen MR) is 385 cm³/mol. The SMILES string of the molecule is C=Cc1ccc(Oc2ccc(C3(c4ccc(F)cc4)c4ccccc4-c4ccc(N(c5ccc6c(c5)C(c5ccc(F)cc5)(c5ccc(Oc7ccc(C=C)cc7)cc5)c5ccccc5-6)c5ccc6c(c5)C5(c7ccccc7-c7ccccc75)c5ccccc5-6)cc43)cc2)cc1. The van der Waals surface area contributed by atoms with E-state index in [0.717, 1.165) is 95.0 Å². The highest BCUT2D eigenvalue weighted by molar-refractivity contribution is 5.98. The van der Waals surface area contributed by atoms with Crippen LogP contribution in [0.25, 0.3) is 56.7 Å². The molecule has 0 saturated heterocycles. The first-order valence-corrected chi connectivity index (χ1v) is 32.5. The molecule has 0 radical (unpaired) electrons. The molecule has 14 aromatic carbocycles. The molecule has 18 rings (SSSR count). The Morgan fingerprint density at radius 2 is 0.490 bits per heavy atom. The molecular weight excluding hydrogens is 1180 g/mol. The van der Waals surface area contributed by atoms with Gasteiger partial charge in [-0.3, -0.25) is 0 Å². The van der Waals surface area contributed by atoms with Crippen molar-refractivity contribution < 1.29 is 18.3 Å². The second-order valence-corrected chi connectivity index (χ2v) is 25.3. The van der Waals surface area contributed by atoms with E-state index in [-0.39, 0.29) is 11.6 Å². The Morgan fingerprint density at radius 1 is 0.250 bits per heavy atom. The summed E-state index contributed by atoms with van der Waals surface area (Å²) in [6.45, 7) is 7.87. The number of halogens is 2. The van der Waals surface area contributed by atoms with Crippen molar-refractivity contribution in [2.45, 2.75) is 16.2 Å². The molecule has 0 aromatic heterocycles. The highest BCUT2D eigenvalue weighted by Gasteiger charge is 2.53. The quantitative estimate of drug-likeness (QED) is 0.115. The molecule has 454 valence electrons. The first-order chi connectivity index (χ1) is 47.3. The molecule has 0 heterocycles. The molecule has 0 fully saturated rings. The second-order valence-electron chi connectivity index (χ2n) is 25.3. The first-order valence-electron chi connectivity index (χ1n) is 32.5. The van der Waals surface area contributed by atoms with Gasteiger partial charge in [-0.2, -0.15) is 0 Å². The summed E-state index contributed by atoms with van der Waals surface area (Å²) in [5.41, 5.74) is 24.5. The molecule has 0 saturated carbocycles. The molecule has 4 aliphatic carbocycles. The predicted octanol–water partition coefficient (Wildman–Crippen LogP) is 23.4. The number of hydrogen-bond donors (Lipinski definition) is 0. The van der Waals surface area contributed by atoms with Crippen LogP contribution in [-0.2, 0) is 16.2 Å². The number of nitrogens with zero attached hydrogens (tertiary/aromatic N) is 1. The fraction of sp³-hybridized carbons (Fsp3) is 0.0330. The summed E-state index contributed by atoms with van der Waals surface area (Å²) < 4.78 is 44.1. The van der Waals surface area contributed by atoms with Gasteiger partial charge < -0.3 is 14.4 Å². The first kappa shape index (κ1) is 56.6. The van der Waals surface area contributed by atoms with Gasteiger partial charge in [0, 0.05) is 17.1 Å². The maximum Gasteiger partial charge on any atom is 0.127 e. The van der Waals surface area contributed by atoms with Gasteiger partial charge in [-0.15, -0.1) is 0 Å². The van der Waals surface area contributed by atoms with Crippen molar-refractivity contribution in [3.8, 4) is 67.5 Å². The third-order valence-electron chi connectivity index (χ3n) is 20.6. The average Bonchev–Trinajstić information content (AvgIpc) is 1.52. The molecule has 2 atom stereocenters. The molecule has 96 heavy (non-hydrogen) atoms. The Morgan fingerprint density at radius 3 is 0.781 bits per heavy atom. The van der Waals surface area contributed by atoms with E-state index < -0.39 is 16.2 Å². The summed E-state index contributed by atoms with van der Waals surface area (Å²) in [6, 6.07) is 112. The Balaban J connectivity index is 0.885. The summed E-state index contributed by atoms with van der Waals surface area (Å²) in [7, 11) is 0. The number of anilines is 3. The number of rotatable bonds is 13. The zero-order valence-electron chi connectivity index (χ0n) is 52.2. The van der Waals surface area contributed by atoms with Gasteiger partial charge in [0.25, 0.3) is 0 Å². The molecule has 1 spiro atoms. The van der Waals surface area contributed by atoms with E-state index in [1.54, 1.807) is 24.3 Å².